The number of thiazole rings is 1. The summed E-state index contributed by atoms with van der Waals surface area (Å²) in [5, 5.41) is 7.26. The van der Waals surface area contributed by atoms with Gasteiger partial charge in [0, 0.05) is 17.3 Å². The zero-order chi connectivity index (χ0) is 14.7. The molecule has 0 radical (unpaired) electrons. The van der Waals surface area contributed by atoms with Crippen molar-refractivity contribution in [2.24, 2.45) is 5.92 Å². The average molecular weight is 322 g/mol. The minimum absolute atomic E-state index is 0.191. The monoisotopic (exact) mass is 322 g/mol. The fourth-order valence-corrected chi connectivity index (χ4v) is 3.58. The highest BCUT2D eigenvalue weighted by Gasteiger charge is 2.17. The van der Waals surface area contributed by atoms with Crippen LogP contribution in [-0.4, -0.2) is 33.3 Å². The SMILES string of the molecule is CC1CCN(Cc2csc(NC(=O)c3ccsn3)n2)CC1. The van der Waals surface area contributed by atoms with Crippen molar-refractivity contribution in [3.8, 4) is 0 Å². The molecular weight excluding hydrogens is 304 g/mol. The standard InChI is InChI=1S/C14H18N4OS2/c1-10-2-5-18(6-3-10)8-11-9-20-14(15-11)16-13(19)12-4-7-21-17-12/h4,7,9-10H,2-3,5-6,8H2,1H3,(H,15,16,19). The lowest BCUT2D eigenvalue weighted by atomic mass is 9.99. The van der Waals surface area contributed by atoms with Gasteiger partial charge in [0.1, 0.15) is 5.69 Å². The van der Waals surface area contributed by atoms with Crippen LogP contribution in [0.15, 0.2) is 16.8 Å². The van der Waals surface area contributed by atoms with Crippen molar-refractivity contribution in [1.29, 1.82) is 0 Å². The molecule has 3 rings (SSSR count). The number of amides is 1. The minimum atomic E-state index is -0.191. The van der Waals surface area contributed by atoms with E-state index in [1.54, 1.807) is 11.4 Å². The molecule has 0 bridgehead atoms. The van der Waals surface area contributed by atoms with Crippen LogP contribution >= 0.6 is 22.9 Å². The van der Waals surface area contributed by atoms with E-state index >= 15 is 0 Å². The normalized spacial score (nSPS) is 17.0. The summed E-state index contributed by atoms with van der Waals surface area (Å²) in [7, 11) is 0. The molecule has 21 heavy (non-hydrogen) atoms. The number of nitrogens with zero attached hydrogens (tertiary/aromatic N) is 3. The molecule has 7 heteroatoms. The van der Waals surface area contributed by atoms with Crippen molar-refractivity contribution in [3.63, 3.8) is 0 Å². The number of hydrogen-bond acceptors (Lipinski definition) is 6. The summed E-state index contributed by atoms with van der Waals surface area (Å²) in [5.74, 6) is 0.647. The Bertz CT molecular complexity index is 588. The van der Waals surface area contributed by atoms with Crippen LogP contribution in [0, 0.1) is 5.92 Å². The first-order chi connectivity index (χ1) is 10.2. The molecular formula is C14H18N4OS2. The van der Waals surface area contributed by atoms with E-state index in [1.807, 2.05) is 5.38 Å². The van der Waals surface area contributed by atoms with Gasteiger partial charge in [-0.05, 0) is 49.4 Å². The number of piperidine rings is 1. The fraction of sp³-hybridized carbons (Fsp3) is 0.500. The maximum atomic E-state index is 11.9. The molecule has 0 saturated carbocycles. The van der Waals surface area contributed by atoms with Crippen LogP contribution in [0.1, 0.15) is 35.9 Å². The molecule has 1 N–H and O–H groups in total. The predicted molar refractivity (Wildman–Crippen MR) is 85.9 cm³/mol. The second kappa shape index (κ2) is 6.64. The smallest absolute Gasteiger partial charge is 0.277 e. The summed E-state index contributed by atoms with van der Waals surface area (Å²) in [5.41, 5.74) is 1.48. The van der Waals surface area contributed by atoms with E-state index in [4.69, 9.17) is 0 Å². The van der Waals surface area contributed by atoms with Gasteiger partial charge in [-0.25, -0.2) is 4.98 Å². The summed E-state index contributed by atoms with van der Waals surface area (Å²) in [4.78, 5) is 18.8. The lowest BCUT2D eigenvalue weighted by molar-refractivity contribution is 0.102. The Balaban J connectivity index is 1.55. The van der Waals surface area contributed by atoms with E-state index in [0.717, 1.165) is 31.2 Å². The van der Waals surface area contributed by atoms with Crippen molar-refractivity contribution in [1.82, 2.24) is 14.3 Å². The van der Waals surface area contributed by atoms with Crippen LogP contribution in [-0.2, 0) is 6.54 Å². The van der Waals surface area contributed by atoms with Crippen molar-refractivity contribution in [3.05, 3.63) is 28.2 Å². The van der Waals surface area contributed by atoms with E-state index in [2.05, 4.69) is 26.5 Å². The third kappa shape index (κ3) is 3.87. The second-order valence-corrected chi connectivity index (χ2v) is 6.97. The van der Waals surface area contributed by atoms with Crippen LogP contribution in [0.5, 0.6) is 0 Å². The molecule has 0 aromatic carbocycles. The number of anilines is 1. The fourth-order valence-electron chi connectivity index (χ4n) is 2.38. The molecule has 1 saturated heterocycles. The summed E-state index contributed by atoms with van der Waals surface area (Å²) in [6, 6.07) is 1.71. The minimum Gasteiger partial charge on any atom is -0.297 e. The molecule has 3 heterocycles. The molecule has 0 atom stereocenters. The van der Waals surface area contributed by atoms with Crippen molar-refractivity contribution in [2.45, 2.75) is 26.3 Å². The number of nitrogens with one attached hydrogen (secondary N) is 1. The Morgan fingerprint density at radius 2 is 2.29 bits per heavy atom. The number of carbonyl (C=O) groups is 1. The van der Waals surface area contributed by atoms with Gasteiger partial charge in [-0.15, -0.1) is 11.3 Å². The van der Waals surface area contributed by atoms with Crippen molar-refractivity contribution < 1.29 is 4.79 Å². The zero-order valence-electron chi connectivity index (χ0n) is 11.9. The highest BCUT2D eigenvalue weighted by Crippen LogP contribution is 2.21. The summed E-state index contributed by atoms with van der Waals surface area (Å²) >= 11 is 2.74. The van der Waals surface area contributed by atoms with Gasteiger partial charge in [-0.1, -0.05) is 6.92 Å². The van der Waals surface area contributed by atoms with Gasteiger partial charge < -0.3 is 0 Å². The maximum Gasteiger partial charge on any atom is 0.277 e. The molecule has 0 unspecified atom stereocenters. The maximum absolute atomic E-state index is 11.9. The van der Waals surface area contributed by atoms with E-state index in [1.165, 1.54) is 35.7 Å². The van der Waals surface area contributed by atoms with Crippen LogP contribution in [0.2, 0.25) is 0 Å². The van der Waals surface area contributed by atoms with Crippen molar-refractivity contribution in [2.75, 3.05) is 18.4 Å². The molecule has 5 nitrogen and oxygen atoms in total. The molecule has 2 aromatic heterocycles. The summed E-state index contributed by atoms with van der Waals surface area (Å²) in [6.07, 6.45) is 2.52. The van der Waals surface area contributed by atoms with E-state index in [0.29, 0.717) is 10.8 Å². The molecule has 1 aliphatic rings. The van der Waals surface area contributed by atoms with Crippen molar-refractivity contribution >= 4 is 33.9 Å². The topological polar surface area (TPSA) is 58.1 Å². The van der Waals surface area contributed by atoms with Crippen LogP contribution in [0.3, 0.4) is 0 Å². The highest BCUT2D eigenvalue weighted by atomic mass is 32.1. The number of aromatic nitrogens is 2. The van der Waals surface area contributed by atoms with Crippen LogP contribution in [0.25, 0.3) is 0 Å². The molecule has 1 fully saturated rings. The largest absolute Gasteiger partial charge is 0.297 e. The highest BCUT2D eigenvalue weighted by molar-refractivity contribution is 7.14. The van der Waals surface area contributed by atoms with Gasteiger partial charge in [0.2, 0.25) is 0 Å². The predicted octanol–water partition coefficient (Wildman–Crippen LogP) is 3.08. The van der Waals surface area contributed by atoms with Gasteiger partial charge in [0.25, 0.3) is 5.91 Å². The molecule has 0 aliphatic carbocycles. The second-order valence-electron chi connectivity index (χ2n) is 5.44. The van der Waals surface area contributed by atoms with E-state index in [9.17, 15) is 4.79 Å². The first kappa shape index (κ1) is 14.6. The van der Waals surface area contributed by atoms with Gasteiger partial charge >= 0.3 is 0 Å². The van der Waals surface area contributed by atoms with E-state index in [-0.39, 0.29) is 5.91 Å². The molecule has 112 valence electrons. The summed E-state index contributed by atoms with van der Waals surface area (Å²) < 4.78 is 4.02. The van der Waals surface area contributed by atoms with Crippen LogP contribution < -0.4 is 5.32 Å². The van der Waals surface area contributed by atoms with Gasteiger partial charge in [-0.3, -0.25) is 15.0 Å². The van der Waals surface area contributed by atoms with Gasteiger partial charge in [-0.2, -0.15) is 4.37 Å². The Labute approximate surface area is 132 Å². The Hall–Kier alpha value is -1.31. The molecule has 2 aromatic rings. The average Bonchev–Trinajstić information content (AvgIpc) is 3.13. The Morgan fingerprint density at radius 3 is 3.00 bits per heavy atom. The number of carbonyl (C=O) groups excluding carboxylic acids is 1. The lowest BCUT2D eigenvalue weighted by Gasteiger charge is -2.29. The first-order valence-corrected chi connectivity index (χ1v) is 8.81. The number of hydrogen-bond donors (Lipinski definition) is 1. The Morgan fingerprint density at radius 1 is 1.48 bits per heavy atom. The molecule has 0 spiro atoms. The van der Waals surface area contributed by atoms with Gasteiger partial charge in [0.15, 0.2) is 5.13 Å². The van der Waals surface area contributed by atoms with E-state index < -0.39 is 0 Å². The molecule has 1 aliphatic heterocycles. The molecule has 1 amide bonds. The summed E-state index contributed by atoms with van der Waals surface area (Å²) in [6.45, 7) is 5.46. The zero-order valence-corrected chi connectivity index (χ0v) is 13.5. The Kier molecular flexibility index (Phi) is 4.62. The van der Waals surface area contributed by atoms with Gasteiger partial charge in [0.05, 0.1) is 5.69 Å². The quantitative estimate of drug-likeness (QED) is 0.940. The number of rotatable bonds is 4. The third-order valence-corrected chi connectivity index (χ3v) is 5.07. The first-order valence-electron chi connectivity index (χ1n) is 7.09. The lowest BCUT2D eigenvalue weighted by Crippen LogP contribution is -2.32. The third-order valence-electron chi connectivity index (χ3n) is 3.70. The van der Waals surface area contributed by atoms with Crippen LogP contribution in [0.4, 0.5) is 5.13 Å². The number of likely N-dealkylation sites (tertiary alicyclic amines) is 1.